The van der Waals surface area contributed by atoms with E-state index in [1.165, 1.54) is 24.8 Å². The molecule has 1 fully saturated rings. The standard InChI is InChI=1S/C11H19N3O/c1-14-9-10(7-13-14)6-12-8-11-4-2-3-5-15-11/h7,9,11-12H,2-6,8H2,1H3. The van der Waals surface area contributed by atoms with Gasteiger partial charge in [0, 0.05) is 38.5 Å². The molecule has 15 heavy (non-hydrogen) atoms. The molecule has 4 heteroatoms. The van der Waals surface area contributed by atoms with Gasteiger partial charge in [-0.25, -0.2) is 0 Å². The Morgan fingerprint density at radius 2 is 2.53 bits per heavy atom. The summed E-state index contributed by atoms with van der Waals surface area (Å²) < 4.78 is 7.47. The zero-order valence-electron chi connectivity index (χ0n) is 9.28. The largest absolute Gasteiger partial charge is 0.377 e. The zero-order valence-corrected chi connectivity index (χ0v) is 9.28. The van der Waals surface area contributed by atoms with Gasteiger partial charge in [-0.15, -0.1) is 0 Å². The van der Waals surface area contributed by atoms with E-state index >= 15 is 0 Å². The Bertz CT molecular complexity index is 292. The molecule has 1 aromatic heterocycles. The molecule has 2 rings (SSSR count). The van der Waals surface area contributed by atoms with Crippen LogP contribution in [0.15, 0.2) is 12.4 Å². The number of nitrogens with zero attached hydrogens (tertiary/aromatic N) is 2. The van der Waals surface area contributed by atoms with E-state index in [2.05, 4.69) is 10.4 Å². The van der Waals surface area contributed by atoms with Crippen molar-refractivity contribution in [3.8, 4) is 0 Å². The fourth-order valence-electron chi connectivity index (χ4n) is 1.91. The van der Waals surface area contributed by atoms with Crippen molar-refractivity contribution in [3.63, 3.8) is 0 Å². The van der Waals surface area contributed by atoms with Gasteiger partial charge in [-0.1, -0.05) is 0 Å². The third-order valence-corrected chi connectivity index (χ3v) is 2.73. The van der Waals surface area contributed by atoms with Crippen LogP contribution < -0.4 is 5.32 Å². The molecule has 1 N–H and O–H groups in total. The number of nitrogens with one attached hydrogen (secondary N) is 1. The van der Waals surface area contributed by atoms with Crippen LogP contribution >= 0.6 is 0 Å². The molecule has 0 bridgehead atoms. The number of hydrogen-bond donors (Lipinski definition) is 1. The first kappa shape index (κ1) is 10.6. The number of ether oxygens (including phenoxy) is 1. The summed E-state index contributed by atoms with van der Waals surface area (Å²) in [4.78, 5) is 0. The predicted molar refractivity (Wildman–Crippen MR) is 58.5 cm³/mol. The minimum Gasteiger partial charge on any atom is -0.377 e. The topological polar surface area (TPSA) is 39.1 Å². The smallest absolute Gasteiger partial charge is 0.0699 e. The summed E-state index contributed by atoms with van der Waals surface area (Å²) >= 11 is 0. The maximum atomic E-state index is 5.64. The van der Waals surface area contributed by atoms with Crippen molar-refractivity contribution in [2.75, 3.05) is 13.2 Å². The fourth-order valence-corrected chi connectivity index (χ4v) is 1.91. The van der Waals surface area contributed by atoms with Crippen LogP contribution in [0.1, 0.15) is 24.8 Å². The first-order valence-electron chi connectivity index (χ1n) is 5.64. The SMILES string of the molecule is Cn1cc(CNCC2CCCCO2)cn1. The summed E-state index contributed by atoms with van der Waals surface area (Å²) in [5, 5.41) is 7.53. The molecule has 0 spiro atoms. The second-order valence-corrected chi connectivity index (χ2v) is 4.14. The molecule has 1 aliphatic heterocycles. The maximum Gasteiger partial charge on any atom is 0.0699 e. The Morgan fingerprint density at radius 1 is 1.60 bits per heavy atom. The molecule has 2 heterocycles. The maximum absolute atomic E-state index is 5.64. The van der Waals surface area contributed by atoms with Gasteiger partial charge in [0.1, 0.15) is 0 Å². The lowest BCUT2D eigenvalue weighted by Gasteiger charge is -2.22. The molecule has 1 aromatic rings. The molecule has 0 amide bonds. The van der Waals surface area contributed by atoms with Gasteiger partial charge in [-0.2, -0.15) is 5.10 Å². The average molecular weight is 209 g/mol. The van der Waals surface area contributed by atoms with Gasteiger partial charge in [-0.3, -0.25) is 4.68 Å². The number of aryl methyl sites for hydroxylation is 1. The van der Waals surface area contributed by atoms with Crippen molar-refractivity contribution in [2.24, 2.45) is 7.05 Å². The second-order valence-electron chi connectivity index (χ2n) is 4.14. The van der Waals surface area contributed by atoms with Crippen molar-refractivity contribution in [2.45, 2.75) is 31.9 Å². The molecule has 1 unspecified atom stereocenters. The van der Waals surface area contributed by atoms with Crippen LogP contribution in [-0.4, -0.2) is 29.0 Å². The number of aromatic nitrogens is 2. The van der Waals surface area contributed by atoms with Crippen LogP contribution in [0, 0.1) is 0 Å². The van der Waals surface area contributed by atoms with Crippen molar-refractivity contribution in [1.29, 1.82) is 0 Å². The molecular weight excluding hydrogens is 190 g/mol. The number of rotatable bonds is 4. The van der Waals surface area contributed by atoms with E-state index < -0.39 is 0 Å². The van der Waals surface area contributed by atoms with Crippen molar-refractivity contribution in [3.05, 3.63) is 18.0 Å². The van der Waals surface area contributed by atoms with Crippen LogP contribution in [0.5, 0.6) is 0 Å². The Labute approximate surface area is 90.6 Å². The Morgan fingerprint density at radius 3 is 3.20 bits per heavy atom. The van der Waals surface area contributed by atoms with E-state index in [1.807, 2.05) is 24.1 Å². The molecule has 0 aliphatic carbocycles. The van der Waals surface area contributed by atoms with Gasteiger partial charge in [0.2, 0.25) is 0 Å². The normalized spacial score (nSPS) is 21.8. The van der Waals surface area contributed by atoms with E-state index in [0.717, 1.165) is 19.7 Å². The fraction of sp³-hybridized carbons (Fsp3) is 0.727. The van der Waals surface area contributed by atoms with Crippen molar-refractivity contribution in [1.82, 2.24) is 15.1 Å². The summed E-state index contributed by atoms with van der Waals surface area (Å²) in [5.74, 6) is 0. The molecule has 1 atom stereocenters. The van der Waals surface area contributed by atoms with Gasteiger partial charge < -0.3 is 10.1 Å². The molecule has 4 nitrogen and oxygen atoms in total. The van der Waals surface area contributed by atoms with Crippen LogP contribution in [0.3, 0.4) is 0 Å². The highest BCUT2D eigenvalue weighted by molar-refractivity contribution is 5.02. The highest BCUT2D eigenvalue weighted by Gasteiger charge is 2.12. The van der Waals surface area contributed by atoms with E-state index in [4.69, 9.17) is 4.74 Å². The van der Waals surface area contributed by atoms with Crippen molar-refractivity contribution >= 4 is 0 Å². The quantitative estimate of drug-likeness (QED) is 0.806. The van der Waals surface area contributed by atoms with Crippen LogP contribution in [0.2, 0.25) is 0 Å². The molecule has 0 radical (unpaired) electrons. The van der Waals surface area contributed by atoms with E-state index in [0.29, 0.717) is 6.10 Å². The highest BCUT2D eigenvalue weighted by atomic mass is 16.5. The first-order chi connectivity index (χ1) is 7.34. The first-order valence-corrected chi connectivity index (χ1v) is 5.64. The molecule has 1 aliphatic rings. The lowest BCUT2D eigenvalue weighted by atomic mass is 10.1. The third kappa shape index (κ3) is 3.32. The van der Waals surface area contributed by atoms with E-state index in [-0.39, 0.29) is 0 Å². The summed E-state index contributed by atoms with van der Waals surface area (Å²) in [6, 6.07) is 0. The van der Waals surface area contributed by atoms with Crippen LogP contribution in [0.25, 0.3) is 0 Å². The molecule has 0 aromatic carbocycles. The summed E-state index contributed by atoms with van der Waals surface area (Å²) in [6.07, 6.45) is 8.07. The third-order valence-electron chi connectivity index (χ3n) is 2.73. The minimum absolute atomic E-state index is 0.412. The predicted octanol–water partition coefficient (Wildman–Crippen LogP) is 1.08. The highest BCUT2D eigenvalue weighted by Crippen LogP contribution is 2.11. The summed E-state index contributed by atoms with van der Waals surface area (Å²) in [7, 11) is 1.94. The molecular formula is C11H19N3O. The Kier molecular flexibility index (Phi) is 3.75. The van der Waals surface area contributed by atoms with E-state index in [9.17, 15) is 0 Å². The van der Waals surface area contributed by atoms with Crippen molar-refractivity contribution < 1.29 is 4.74 Å². The minimum atomic E-state index is 0.412. The Balaban J connectivity index is 1.65. The van der Waals surface area contributed by atoms with Gasteiger partial charge in [0.15, 0.2) is 0 Å². The lowest BCUT2D eigenvalue weighted by molar-refractivity contribution is 0.0168. The summed E-state index contributed by atoms with van der Waals surface area (Å²) in [5.41, 5.74) is 1.23. The van der Waals surface area contributed by atoms with Gasteiger partial charge >= 0.3 is 0 Å². The summed E-state index contributed by atoms with van der Waals surface area (Å²) in [6.45, 7) is 2.77. The monoisotopic (exact) mass is 209 g/mol. The molecule has 0 saturated carbocycles. The van der Waals surface area contributed by atoms with Crippen LogP contribution in [-0.2, 0) is 18.3 Å². The average Bonchev–Trinajstić information content (AvgIpc) is 2.66. The van der Waals surface area contributed by atoms with Gasteiger partial charge in [0.05, 0.1) is 12.3 Å². The van der Waals surface area contributed by atoms with Crippen LogP contribution in [0.4, 0.5) is 0 Å². The Hall–Kier alpha value is -0.870. The zero-order chi connectivity index (χ0) is 10.5. The van der Waals surface area contributed by atoms with Gasteiger partial charge in [0.25, 0.3) is 0 Å². The number of hydrogen-bond acceptors (Lipinski definition) is 3. The van der Waals surface area contributed by atoms with Gasteiger partial charge in [-0.05, 0) is 19.3 Å². The second kappa shape index (κ2) is 5.28. The molecule has 1 saturated heterocycles. The van der Waals surface area contributed by atoms with E-state index in [1.54, 1.807) is 0 Å². The lowest BCUT2D eigenvalue weighted by Crippen LogP contribution is -2.31. The molecule has 84 valence electrons.